The number of nitrogens with zero attached hydrogens (tertiary/aromatic N) is 1. The van der Waals surface area contributed by atoms with Crippen molar-refractivity contribution in [1.82, 2.24) is 10.2 Å². The van der Waals surface area contributed by atoms with Gasteiger partial charge in [0.2, 0.25) is 12.3 Å². The minimum absolute atomic E-state index is 0.00995. The number of ether oxygens (including phenoxy) is 1. The number of amides is 2. The molecule has 1 saturated heterocycles. The van der Waals surface area contributed by atoms with E-state index in [-0.39, 0.29) is 38.0 Å². The van der Waals surface area contributed by atoms with Crippen molar-refractivity contribution in [2.45, 2.75) is 44.1 Å². The molecule has 1 heterocycles. The molecule has 2 aromatic carbocycles. The predicted molar refractivity (Wildman–Crippen MR) is 124 cm³/mol. The van der Waals surface area contributed by atoms with E-state index in [1.54, 1.807) is 0 Å². The van der Waals surface area contributed by atoms with Gasteiger partial charge in [-0.25, -0.2) is 13.6 Å². The number of piperidine rings is 1. The van der Waals surface area contributed by atoms with Gasteiger partial charge in [0.15, 0.2) is 0 Å². The number of halogens is 2. The number of hydrogen-bond acceptors (Lipinski definition) is 4. The van der Waals surface area contributed by atoms with Crippen LogP contribution in [0.25, 0.3) is 11.1 Å². The van der Waals surface area contributed by atoms with Crippen molar-refractivity contribution >= 4 is 18.0 Å². The zero-order valence-electron chi connectivity index (χ0n) is 19.2. The molecule has 0 aromatic heterocycles. The number of benzene rings is 2. The Morgan fingerprint density at radius 2 is 1.57 bits per heavy atom. The summed E-state index contributed by atoms with van der Waals surface area (Å²) >= 11 is 0. The second-order valence-corrected chi connectivity index (χ2v) is 9.02. The van der Waals surface area contributed by atoms with Crippen LogP contribution in [0.1, 0.15) is 42.7 Å². The van der Waals surface area contributed by atoms with Crippen molar-refractivity contribution in [2.24, 2.45) is 5.92 Å². The number of fused-ring (bicyclic) bond motifs is 3. The summed E-state index contributed by atoms with van der Waals surface area (Å²) in [5.41, 5.74) is 4.17. The Labute approximate surface area is 202 Å². The first-order chi connectivity index (χ1) is 16.8. The van der Waals surface area contributed by atoms with Crippen LogP contribution in [0, 0.1) is 5.92 Å². The highest BCUT2D eigenvalue weighted by molar-refractivity contribution is 5.86. The van der Waals surface area contributed by atoms with E-state index in [1.807, 2.05) is 48.5 Å². The molecule has 1 unspecified atom stereocenters. The predicted octanol–water partition coefficient (Wildman–Crippen LogP) is 4.26. The van der Waals surface area contributed by atoms with Crippen LogP contribution in [0.2, 0.25) is 0 Å². The van der Waals surface area contributed by atoms with E-state index in [4.69, 9.17) is 9.84 Å². The lowest BCUT2D eigenvalue weighted by atomic mass is 9.93. The third kappa shape index (κ3) is 5.78. The molecule has 1 aliphatic carbocycles. The molecular weight excluding hydrogens is 458 g/mol. The van der Waals surface area contributed by atoms with Crippen LogP contribution in [0.5, 0.6) is 0 Å². The van der Waals surface area contributed by atoms with E-state index in [1.165, 1.54) is 4.90 Å². The van der Waals surface area contributed by atoms with Crippen molar-refractivity contribution < 1.29 is 33.0 Å². The fourth-order valence-corrected chi connectivity index (χ4v) is 5.01. The number of nitrogens with one attached hydrogen (secondary N) is 1. The Hall–Kier alpha value is -3.49. The highest BCUT2D eigenvalue weighted by atomic mass is 19.3. The monoisotopic (exact) mass is 486 g/mol. The van der Waals surface area contributed by atoms with Crippen molar-refractivity contribution in [1.29, 1.82) is 0 Å². The van der Waals surface area contributed by atoms with Gasteiger partial charge in [0, 0.05) is 31.8 Å². The van der Waals surface area contributed by atoms with Gasteiger partial charge in [0.25, 0.3) is 0 Å². The van der Waals surface area contributed by atoms with E-state index in [2.05, 4.69) is 5.32 Å². The quantitative estimate of drug-likeness (QED) is 0.581. The maximum absolute atomic E-state index is 13.2. The summed E-state index contributed by atoms with van der Waals surface area (Å²) in [6, 6.07) is 14.2. The van der Waals surface area contributed by atoms with Gasteiger partial charge in [-0.2, -0.15) is 0 Å². The third-order valence-corrected chi connectivity index (χ3v) is 6.74. The Morgan fingerprint density at radius 3 is 2.11 bits per heavy atom. The molecule has 186 valence electrons. The molecule has 7 nitrogen and oxygen atoms in total. The summed E-state index contributed by atoms with van der Waals surface area (Å²) in [7, 11) is 0. The normalized spacial score (nSPS) is 16.5. The summed E-state index contributed by atoms with van der Waals surface area (Å²) in [6.45, 7) is 0.543. The summed E-state index contributed by atoms with van der Waals surface area (Å²) < 4.78 is 31.8. The van der Waals surface area contributed by atoms with E-state index in [9.17, 15) is 23.2 Å². The van der Waals surface area contributed by atoms with Crippen molar-refractivity contribution in [3.8, 4) is 11.1 Å². The van der Waals surface area contributed by atoms with Gasteiger partial charge < -0.3 is 20.1 Å². The first kappa shape index (κ1) is 24.6. The Kier molecular flexibility index (Phi) is 7.63. The number of alkyl carbamates (subject to hydrolysis) is 1. The van der Waals surface area contributed by atoms with Gasteiger partial charge in [-0.15, -0.1) is 0 Å². The SMILES string of the molecule is O=C(O)CC1CCN(C(=O)C(CC(F)F)NC(=O)OCC2c3ccccc3-c3ccccc32)CC1. The number of carboxylic acids is 1. The van der Waals surface area contributed by atoms with Crippen LogP contribution in [-0.4, -0.2) is 60.1 Å². The molecule has 0 radical (unpaired) electrons. The van der Waals surface area contributed by atoms with E-state index in [0.29, 0.717) is 12.8 Å². The van der Waals surface area contributed by atoms with Gasteiger partial charge in [0.1, 0.15) is 12.6 Å². The smallest absolute Gasteiger partial charge is 0.407 e. The average molecular weight is 487 g/mol. The maximum Gasteiger partial charge on any atom is 0.407 e. The number of hydrogen-bond donors (Lipinski definition) is 2. The Bertz CT molecular complexity index is 1040. The molecule has 0 spiro atoms. The molecule has 2 aromatic rings. The molecule has 1 aliphatic heterocycles. The summed E-state index contributed by atoms with van der Waals surface area (Å²) in [4.78, 5) is 37.8. The van der Waals surface area contributed by atoms with Gasteiger partial charge in [-0.1, -0.05) is 48.5 Å². The van der Waals surface area contributed by atoms with Gasteiger partial charge in [-0.3, -0.25) is 9.59 Å². The molecular formula is C26H28F2N2O5. The van der Waals surface area contributed by atoms with Crippen LogP contribution >= 0.6 is 0 Å². The lowest BCUT2D eigenvalue weighted by molar-refractivity contribution is -0.139. The molecule has 9 heteroatoms. The molecule has 35 heavy (non-hydrogen) atoms. The number of rotatable bonds is 8. The number of carbonyl (C=O) groups excluding carboxylic acids is 2. The molecule has 2 N–H and O–H groups in total. The summed E-state index contributed by atoms with van der Waals surface area (Å²) in [6.07, 6.45) is -3.57. The van der Waals surface area contributed by atoms with E-state index < -0.39 is 36.9 Å². The fraction of sp³-hybridized carbons (Fsp3) is 0.423. The summed E-state index contributed by atoms with van der Waals surface area (Å²) in [5.74, 6) is -1.75. The van der Waals surface area contributed by atoms with E-state index in [0.717, 1.165) is 22.3 Å². The van der Waals surface area contributed by atoms with Crippen molar-refractivity contribution in [3.63, 3.8) is 0 Å². The molecule has 4 rings (SSSR count). The zero-order chi connectivity index (χ0) is 24.9. The lowest BCUT2D eigenvalue weighted by Gasteiger charge is -2.34. The first-order valence-corrected chi connectivity index (χ1v) is 11.7. The standard InChI is InChI=1S/C26H28F2N2O5/c27-23(28)14-22(25(33)30-11-9-16(10-12-30)13-24(31)32)29-26(34)35-15-21-19-7-3-1-5-17(19)18-6-2-4-8-20(18)21/h1-8,16,21-23H,9-15H2,(H,29,34)(H,31,32). The van der Waals surface area contributed by atoms with Crippen molar-refractivity contribution in [2.75, 3.05) is 19.7 Å². The number of carbonyl (C=O) groups is 3. The number of likely N-dealkylation sites (tertiary alicyclic amines) is 1. The van der Waals surface area contributed by atoms with Gasteiger partial charge in [0.05, 0.1) is 0 Å². The minimum Gasteiger partial charge on any atom is -0.481 e. The largest absolute Gasteiger partial charge is 0.481 e. The zero-order valence-corrected chi connectivity index (χ0v) is 19.2. The number of carboxylic acid groups (broad SMARTS) is 1. The van der Waals surface area contributed by atoms with Crippen LogP contribution in [0.3, 0.4) is 0 Å². The number of aliphatic carboxylic acids is 1. The van der Waals surface area contributed by atoms with Crippen LogP contribution in [-0.2, 0) is 14.3 Å². The molecule has 2 amide bonds. The second kappa shape index (κ2) is 10.8. The summed E-state index contributed by atoms with van der Waals surface area (Å²) in [5, 5.41) is 11.3. The third-order valence-electron chi connectivity index (χ3n) is 6.74. The van der Waals surface area contributed by atoms with Crippen LogP contribution < -0.4 is 5.32 Å². The van der Waals surface area contributed by atoms with Crippen LogP contribution in [0.15, 0.2) is 48.5 Å². The molecule has 0 bridgehead atoms. The molecule has 1 fully saturated rings. The average Bonchev–Trinajstić information content (AvgIpc) is 3.15. The number of alkyl halides is 2. The molecule has 1 atom stereocenters. The lowest BCUT2D eigenvalue weighted by Crippen LogP contribution is -2.51. The second-order valence-electron chi connectivity index (χ2n) is 9.02. The van der Waals surface area contributed by atoms with Gasteiger partial charge in [-0.05, 0) is 41.0 Å². The molecule has 2 aliphatic rings. The van der Waals surface area contributed by atoms with E-state index >= 15 is 0 Å². The highest BCUT2D eigenvalue weighted by Crippen LogP contribution is 2.44. The molecule has 0 saturated carbocycles. The van der Waals surface area contributed by atoms with Crippen molar-refractivity contribution in [3.05, 3.63) is 59.7 Å². The minimum atomic E-state index is -2.79. The van der Waals surface area contributed by atoms with Crippen LogP contribution in [0.4, 0.5) is 13.6 Å². The Balaban J connectivity index is 1.37. The highest BCUT2D eigenvalue weighted by Gasteiger charge is 2.33. The topological polar surface area (TPSA) is 95.9 Å². The Morgan fingerprint density at radius 1 is 1.00 bits per heavy atom. The fourth-order valence-electron chi connectivity index (χ4n) is 5.01. The first-order valence-electron chi connectivity index (χ1n) is 11.7. The maximum atomic E-state index is 13.2. The van der Waals surface area contributed by atoms with Gasteiger partial charge >= 0.3 is 12.1 Å².